The molecular formula is C65H106O21. The van der Waals surface area contributed by atoms with Gasteiger partial charge in [0.2, 0.25) is 0 Å². The first-order valence-electron chi connectivity index (χ1n) is 31.2. The van der Waals surface area contributed by atoms with E-state index in [1.165, 1.54) is 7.11 Å². The molecule has 6 heterocycles. The summed E-state index contributed by atoms with van der Waals surface area (Å²) in [5.74, 6) is -1.78. The summed E-state index contributed by atoms with van der Waals surface area (Å²) in [5, 5.41) is 0. The zero-order valence-corrected chi connectivity index (χ0v) is 55.6. The molecule has 0 spiro atoms. The maximum Gasteiger partial charge on any atom is 0.347 e. The van der Waals surface area contributed by atoms with Gasteiger partial charge >= 0.3 is 59.7 Å². The number of esters is 10. The van der Waals surface area contributed by atoms with Gasteiger partial charge in [0.1, 0.15) is 24.4 Å². The average molecular weight is 1220 g/mol. The van der Waals surface area contributed by atoms with Crippen LogP contribution >= 0.6 is 0 Å². The number of hydrogen-bond donors (Lipinski definition) is 0. The molecule has 6 saturated heterocycles. The normalized spacial score (nSPS) is 30.2. The monoisotopic (exact) mass is 1220 g/mol. The van der Waals surface area contributed by atoms with Crippen LogP contribution in [-0.2, 0) is 100 Å². The minimum atomic E-state index is -0.884. The van der Waals surface area contributed by atoms with Gasteiger partial charge in [-0.05, 0) is 167 Å². The quantitative estimate of drug-likeness (QED) is 0.0967. The van der Waals surface area contributed by atoms with Gasteiger partial charge in [-0.25, -0.2) is 4.79 Å². The minimum absolute atomic E-state index is 0.0231. The zero-order chi connectivity index (χ0) is 65.6. The topological polar surface area (TPSA) is 272 Å². The van der Waals surface area contributed by atoms with E-state index in [-0.39, 0.29) is 114 Å². The molecule has 492 valence electrons. The van der Waals surface area contributed by atoms with E-state index in [4.69, 9.17) is 52.1 Å². The first kappa shape index (κ1) is 74.9. The fraction of sp³-hybridized carbons (Fsp3) is 0.846. The van der Waals surface area contributed by atoms with Gasteiger partial charge in [0, 0.05) is 25.4 Å². The van der Waals surface area contributed by atoms with E-state index in [9.17, 15) is 47.9 Å². The summed E-state index contributed by atoms with van der Waals surface area (Å²) in [5.41, 5.74) is -3.54. The molecule has 0 aromatic carbocycles. The highest BCUT2D eigenvalue weighted by Crippen LogP contribution is 2.56. The number of cyclic esters (lactones) is 5. The highest BCUT2D eigenvalue weighted by molar-refractivity contribution is 5.83. The second-order valence-corrected chi connectivity index (χ2v) is 28.0. The van der Waals surface area contributed by atoms with Crippen molar-refractivity contribution in [3.05, 3.63) is 0 Å². The van der Waals surface area contributed by atoms with Crippen LogP contribution in [-0.4, -0.2) is 135 Å². The molecule has 0 aromatic rings. The molecule has 2 aliphatic carbocycles. The number of rotatable bonds is 17. The number of carbonyl (C=O) groups is 10. The third kappa shape index (κ3) is 19.6. The summed E-state index contributed by atoms with van der Waals surface area (Å²) in [6.07, 6.45) is 8.58. The smallest absolute Gasteiger partial charge is 0.347 e. The Morgan fingerprint density at radius 3 is 1.56 bits per heavy atom. The lowest BCUT2D eigenvalue weighted by Crippen LogP contribution is -2.44. The lowest BCUT2D eigenvalue weighted by molar-refractivity contribution is -0.178. The number of methoxy groups -OCH3 is 1. The van der Waals surface area contributed by atoms with Crippen molar-refractivity contribution in [2.24, 2.45) is 56.2 Å². The molecule has 8 rings (SSSR count). The highest BCUT2D eigenvalue weighted by atomic mass is 16.6. The molecule has 0 aromatic heterocycles. The van der Waals surface area contributed by atoms with Crippen molar-refractivity contribution < 1.29 is 100 Å². The fourth-order valence-corrected chi connectivity index (χ4v) is 10.3. The van der Waals surface area contributed by atoms with Crippen molar-refractivity contribution >= 4 is 59.7 Å². The van der Waals surface area contributed by atoms with Crippen LogP contribution in [0.25, 0.3) is 0 Å². The molecule has 0 radical (unpaired) electrons. The molecule has 8 fully saturated rings. The van der Waals surface area contributed by atoms with E-state index < -0.39 is 45.4 Å². The van der Waals surface area contributed by atoms with Crippen molar-refractivity contribution in [2.75, 3.05) is 40.1 Å². The maximum atomic E-state index is 12.1. The third-order valence-electron chi connectivity index (χ3n) is 18.9. The molecule has 8 aliphatic rings. The van der Waals surface area contributed by atoms with Gasteiger partial charge in [-0.2, -0.15) is 0 Å². The first-order valence-corrected chi connectivity index (χ1v) is 31.2. The second kappa shape index (κ2) is 30.7. The summed E-state index contributed by atoms with van der Waals surface area (Å²) in [6.45, 7) is 38.0. The Balaban J connectivity index is 0.000000274. The SMILES string of the molecule is CCC(C)(C)C(=O)OC1C2CC3C(=O)OC1C3C2.CCC(C)(C)C(=O)OC1CC(=O)OC1(C)COC.CCC(C)(C)C(=O)OC1CCCOC1=O.CCC(C)(C)C(=O)OCC1CCOC1=O.CCC1(C)CC(C)(C)OC1=O.CCC1(C)CCOC1=O. The Kier molecular flexibility index (Phi) is 26.8. The number of hydrogen-bond acceptors (Lipinski definition) is 21. The van der Waals surface area contributed by atoms with Crippen molar-refractivity contribution in [3.63, 3.8) is 0 Å². The predicted octanol–water partition coefficient (Wildman–Crippen LogP) is 10.3. The molecular weight excluding hydrogens is 1120 g/mol. The largest absolute Gasteiger partial charge is 0.465 e. The van der Waals surface area contributed by atoms with Crippen LogP contribution in [0.2, 0.25) is 0 Å². The molecule has 86 heavy (non-hydrogen) atoms. The summed E-state index contributed by atoms with van der Waals surface area (Å²) in [4.78, 5) is 115. The number of ether oxygens (including phenoxy) is 11. The Morgan fingerprint density at radius 2 is 1.12 bits per heavy atom. The molecule has 11 atom stereocenters. The standard InChI is InChI=1S/C14H20O4.C13H22O5.2C11H18O4.C9H16O2.C7H12O2/c1-4-14(2,3)13(16)18-10-7-5-8-9(6-7)12(15)17-11(8)10;1-6-12(2,3)11(15)17-9-7-10(14)18-13(9,4)8-16-5;1-4-11(2,3)10(13)15-7-8-5-6-14-9(8)12;1-4-11(2,3)10(13)15-8-6-5-7-14-9(8)12;1-5-9(4)6-8(2,3)11-7(9)10;1-3-7(2)4-5-9-6(7)8/h7-11H,4-6H2,1-3H3;9H,6-8H2,1-5H3;2*8H,4-7H2,1-3H3;5-6H2,1-4H3;3-5H2,1-2H3. The Bertz CT molecular complexity index is 2390. The van der Waals surface area contributed by atoms with Crippen LogP contribution in [0.1, 0.15) is 221 Å². The van der Waals surface area contributed by atoms with Crippen LogP contribution < -0.4 is 0 Å². The molecule has 6 aliphatic heterocycles. The van der Waals surface area contributed by atoms with Crippen LogP contribution in [0.15, 0.2) is 0 Å². The van der Waals surface area contributed by atoms with Gasteiger partial charge < -0.3 is 52.1 Å². The molecule has 21 nitrogen and oxygen atoms in total. The van der Waals surface area contributed by atoms with Gasteiger partial charge in [0.25, 0.3) is 0 Å². The van der Waals surface area contributed by atoms with Crippen LogP contribution in [0.4, 0.5) is 0 Å². The molecule has 2 saturated carbocycles. The minimum Gasteiger partial charge on any atom is -0.465 e. The van der Waals surface area contributed by atoms with Crippen LogP contribution in [0.5, 0.6) is 0 Å². The summed E-state index contributed by atoms with van der Waals surface area (Å²) < 4.78 is 56.6. The maximum absolute atomic E-state index is 12.1. The highest BCUT2D eigenvalue weighted by Gasteiger charge is 2.63. The van der Waals surface area contributed by atoms with Crippen molar-refractivity contribution in [3.8, 4) is 0 Å². The molecule has 0 amide bonds. The van der Waals surface area contributed by atoms with Crippen molar-refractivity contribution in [2.45, 2.75) is 257 Å². The van der Waals surface area contributed by atoms with Gasteiger partial charge in [-0.15, -0.1) is 0 Å². The molecule has 11 unspecified atom stereocenters. The van der Waals surface area contributed by atoms with Gasteiger partial charge in [0.05, 0.1) is 77.2 Å². The summed E-state index contributed by atoms with van der Waals surface area (Å²) in [7, 11) is 1.52. The van der Waals surface area contributed by atoms with Crippen molar-refractivity contribution in [1.29, 1.82) is 0 Å². The van der Waals surface area contributed by atoms with E-state index >= 15 is 0 Å². The third-order valence-corrected chi connectivity index (χ3v) is 18.9. The van der Waals surface area contributed by atoms with E-state index in [0.29, 0.717) is 57.3 Å². The van der Waals surface area contributed by atoms with Gasteiger partial charge in [-0.1, -0.05) is 41.5 Å². The number of fused-ring (bicyclic) bond motifs is 1. The van der Waals surface area contributed by atoms with Gasteiger partial charge in [0.15, 0.2) is 17.8 Å². The Hall–Kier alpha value is -5.34. The first-order chi connectivity index (χ1) is 39.7. The van der Waals surface area contributed by atoms with E-state index in [2.05, 4.69) is 0 Å². The molecule has 21 heteroatoms. The van der Waals surface area contributed by atoms with Crippen LogP contribution in [0.3, 0.4) is 0 Å². The van der Waals surface area contributed by atoms with E-state index in [1.807, 2.05) is 125 Å². The Labute approximate surface area is 511 Å². The zero-order valence-electron chi connectivity index (χ0n) is 55.6. The summed E-state index contributed by atoms with van der Waals surface area (Å²) in [6, 6.07) is 0. The molecule has 2 bridgehead atoms. The lowest BCUT2D eigenvalue weighted by atomic mass is 9.81. The fourth-order valence-electron chi connectivity index (χ4n) is 10.3. The lowest BCUT2D eigenvalue weighted by Gasteiger charge is -2.30. The van der Waals surface area contributed by atoms with Gasteiger partial charge in [-0.3, -0.25) is 43.2 Å². The van der Waals surface area contributed by atoms with E-state index in [1.54, 1.807) is 6.92 Å². The predicted molar refractivity (Wildman–Crippen MR) is 314 cm³/mol. The Morgan fingerprint density at radius 1 is 0.581 bits per heavy atom. The second-order valence-electron chi connectivity index (χ2n) is 28.0. The summed E-state index contributed by atoms with van der Waals surface area (Å²) >= 11 is 0. The van der Waals surface area contributed by atoms with Crippen molar-refractivity contribution in [1.82, 2.24) is 0 Å². The van der Waals surface area contributed by atoms with E-state index in [0.717, 1.165) is 57.8 Å². The van der Waals surface area contributed by atoms with Crippen LogP contribution in [0, 0.1) is 56.2 Å². The molecule has 0 N–H and O–H groups in total. The number of carbonyl (C=O) groups excluding carboxylic acids is 10. The average Bonchev–Trinajstić information content (AvgIpc) is 1.63.